The largest absolute Gasteiger partial charge is 0.481 e. The SMILES string of the molecule is Cc1nc(-c2ncccn2)sc1C(=O)NC1(CC(=O)O)CCCC1. The third-order valence-electron chi connectivity index (χ3n) is 4.19. The van der Waals surface area contributed by atoms with Crippen LogP contribution in [0.1, 0.15) is 47.5 Å². The number of nitrogens with one attached hydrogen (secondary N) is 1. The predicted octanol–water partition coefficient (Wildman–Crippen LogP) is 2.43. The number of hydrogen-bond acceptors (Lipinski definition) is 6. The molecule has 0 saturated heterocycles. The molecule has 2 N–H and O–H groups in total. The van der Waals surface area contributed by atoms with E-state index in [-0.39, 0.29) is 12.3 Å². The molecule has 3 rings (SSSR count). The average Bonchev–Trinajstić information content (AvgIpc) is 3.14. The molecule has 0 spiro atoms. The highest BCUT2D eigenvalue weighted by Crippen LogP contribution is 2.34. The highest BCUT2D eigenvalue weighted by Gasteiger charge is 2.38. The van der Waals surface area contributed by atoms with Crippen molar-refractivity contribution >= 4 is 23.2 Å². The van der Waals surface area contributed by atoms with Gasteiger partial charge in [0.2, 0.25) is 0 Å². The van der Waals surface area contributed by atoms with Gasteiger partial charge < -0.3 is 10.4 Å². The fourth-order valence-corrected chi connectivity index (χ4v) is 4.01. The van der Waals surface area contributed by atoms with Crippen LogP contribution in [0.2, 0.25) is 0 Å². The van der Waals surface area contributed by atoms with E-state index in [1.54, 1.807) is 25.4 Å². The highest BCUT2D eigenvalue weighted by atomic mass is 32.1. The second kappa shape index (κ2) is 6.64. The summed E-state index contributed by atoms with van der Waals surface area (Å²) in [6.45, 7) is 1.76. The summed E-state index contributed by atoms with van der Waals surface area (Å²) in [5.41, 5.74) is -0.0496. The van der Waals surface area contributed by atoms with Gasteiger partial charge in [-0.2, -0.15) is 0 Å². The molecular formula is C16H18N4O3S. The number of carbonyl (C=O) groups excluding carboxylic acids is 1. The van der Waals surface area contributed by atoms with Gasteiger partial charge in [-0.1, -0.05) is 12.8 Å². The van der Waals surface area contributed by atoms with Crippen molar-refractivity contribution in [3.63, 3.8) is 0 Å². The molecule has 1 aliphatic carbocycles. The minimum absolute atomic E-state index is 0.0504. The quantitative estimate of drug-likeness (QED) is 0.861. The Morgan fingerprint density at radius 2 is 1.96 bits per heavy atom. The fraction of sp³-hybridized carbons (Fsp3) is 0.438. The number of aryl methyl sites for hydroxylation is 1. The van der Waals surface area contributed by atoms with Gasteiger partial charge in [-0.3, -0.25) is 9.59 Å². The number of carboxylic acids is 1. The lowest BCUT2D eigenvalue weighted by Crippen LogP contribution is -2.47. The molecule has 126 valence electrons. The maximum Gasteiger partial charge on any atom is 0.305 e. The van der Waals surface area contributed by atoms with Gasteiger partial charge in [0.1, 0.15) is 4.88 Å². The predicted molar refractivity (Wildman–Crippen MR) is 88.8 cm³/mol. The van der Waals surface area contributed by atoms with Crippen LogP contribution in [0, 0.1) is 6.92 Å². The topological polar surface area (TPSA) is 105 Å². The number of carboxylic acid groups (broad SMARTS) is 1. The molecule has 8 heteroatoms. The Hall–Kier alpha value is -2.35. The summed E-state index contributed by atoms with van der Waals surface area (Å²) in [6, 6.07) is 1.72. The molecule has 0 bridgehead atoms. The number of nitrogens with zero attached hydrogens (tertiary/aromatic N) is 3. The molecule has 2 aromatic heterocycles. The molecule has 1 aliphatic rings. The van der Waals surface area contributed by atoms with E-state index in [1.165, 1.54) is 11.3 Å². The van der Waals surface area contributed by atoms with Crippen molar-refractivity contribution in [2.24, 2.45) is 0 Å². The first-order valence-corrected chi connectivity index (χ1v) is 8.60. The number of thiazole rings is 1. The van der Waals surface area contributed by atoms with Gasteiger partial charge >= 0.3 is 5.97 Å². The lowest BCUT2D eigenvalue weighted by molar-refractivity contribution is -0.138. The average molecular weight is 346 g/mol. The van der Waals surface area contributed by atoms with E-state index in [0.717, 1.165) is 12.8 Å². The Morgan fingerprint density at radius 3 is 2.58 bits per heavy atom. The minimum Gasteiger partial charge on any atom is -0.481 e. The van der Waals surface area contributed by atoms with E-state index in [2.05, 4.69) is 20.3 Å². The summed E-state index contributed by atoms with van der Waals surface area (Å²) in [5, 5.41) is 12.7. The summed E-state index contributed by atoms with van der Waals surface area (Å²) in [7, 11) is 0. The number of carbonyl (C=O) groups is 2. The molecule has 1 fully saturated rings. The first-order valence-electron chi connectivity index (χ1n) is 7.78. The van der Waals surface area contributed by atoms with Crippen LogP contribution in [0.3, 0.4) is 0 Å². The second-order valence-corrected chi connectivity index (χ2v) is 7.02. The first-order chi connectivity index (χ1) is 11.5. The molecule has 0 aliphatic heterocycles. The molecule has 0 unspecified atom stereocenters. The number of rotatable bonds is 5. The molecule has 2 aromatic rings. The van der Waals surface area contributed by atoms with Gasteiger partial charge in [0, 0.05) is 12.4 Å². The zero-order chi connectivity index (χ0) is 17.2. The van der Waals surface area contributed by atoms with E-state index in [9.17, 15) is 9.59 Å². The van der Waals surface area contributed by atoms with Crippen LogP contribution in [-0.4, -0.2) is 37.5 Å². The van der Waals surface area contributed by atoms with E-state index >= 15 is 0 Å². The number of aromatic nitrogens is 3. The van der Waals surface area contributed by atoms with Crippen molar-refractivity contribution in [3.8, 4) is 10.8 Å². The summed E-state index contributed by atoms with van der Waals surface area (Å²) in [6.07, 6.45) is 6.44. The van der Waals surface area contributed by atoms with Gasteiger partial charge in [-0.25, -0.2) is 15.0 Å². The third-order valence-corrected chi connectivity index (χ3v) is 5.34. The van der Waals surface area contributed by atoms with Gasteiger partial charge in [-0.15, -0.1) is 11.3 Å². The Morgan fingerprint density at radius 1 is 1.29 bits per heavy atom. The van der Waals surface area contributed by atoms with E-state index < -0.39 is 11.5 Å². The van der Waals surface area contributed by atoms with Gasteiger partial charge in [-0.05, 0) is 25.8 Å². The lowest BCUT2D eigenvalue weighted by atomic mass is 9.93. The molecule has 0 radical (unpaired) electrons. The van der Waals surface area contributed by atoms with Crippen molar-refractivity contribution < 1.29 is 14.7 Å². The Balaban J connectivity index is 1.82. The Labute approximate surface area is 143 Å². The molecule has 24 heavy (non-hydrogen) atoms. The van der Waals surface area contributed by atoms with Crippen LogP contribution in [0.25, 0.3) is 10.8 Å². The van der Waals surface area contributed by atoms with Gasteiger partial charge in [0.25, 0.3) is 5.91 Å². The Bertz CT molecular complexity index is 754. The van der Waals surface area contributed by atoms with Crippen LogP contribution in [0.15, 0.2) is 18.5 Å². The maximum atomic E-state index is 12.7. The number of amides is 1. The maximum absolute atomic E-state index is 12.7. The highest BCUT2D eigenvalue weighted by molar-refractivity contribution is 7.17. The van der Waals surface area contributed by atoms with Crippen molar-refractivity contribution in [3.05, 3.63) is 29.0 Å². The molecule has 0 aromatic carbocycles. The van der Waals surface area contributed by atoms with Crippen molar-refractivity contribution in [1.29, 1.82) is 0 Å². The molecule has 7 nitrogen and oxygen atoms in total. The summed E-state index contributed by atoms with van der Waals surface area (Å²) in [4.78, 5) is 37.0. The first kappa shape index (κ1) is 16.5. The third kappa shape index (κ3) is 3.43. The summed E-state index contributed by atoms with van der Waals surface area (Å²) >= 11 is 1.23. The number of hydrogen-bond donors (Lipinski definition) is 2. The fourth-order valence-electron chi connectivity index (χ4n) is 3.10. The minimum atomic E-state index is -0.892. The van der Waals surface area contributed by atoms with Crippen LogP contribution in [0.4, 0.5) is 0 Å². The number of aliphatic carboxylic acids is 1. The van der Waals surface area contributed by atoms with Crippen LogP contribution >= 0.6 is 11.3 Å². The molecule has 1 saturated carbocycles. The monoisotopic (exact) mass is 346 g/mol. The Kier molecular flexibility index (Phi) is 4.57. The smallest absolute Gasteiger partial charge is 0.305 e. The van der Waals surface area contributed by atoms with Crippen molar-refractivity contribution in [2.45, 2.75) is 44.6 Å². The van der Waals surface area contributed by atoms with Crippen LogP contribution in [0.5, 0.6) is 0 Å². The van der Waals surface area contributed by atoms with E-state index in [0.29, 0.717) is 34.2 Å². The van der Waals surface area contributed by atoms with Crippen molar-refractivity contribution in [2.75, 3.05) is 0 Å². The van der Waals surface area contributed by atoms with E-state index in [1.807, 2.05) is 0 Å². The van der Waals surface area contributed by atoms with Gasteiger partial charge in [0.15, 0.2) is 10.8 Å². The van der Waals surface area contributed by atoms with Crippen molar-refractivity contribution in [1.82, 2.24) is 20.3 Å². The normalized spacial score (nSPS) is 16.0. The molecule has 1 amide bonds. The lowest BCUT2D eigenvalue weighted by Gasteiger charge is -2.28. The molecular weight excluding hydrogens is 328 g/mol. The molecule has 2 heterocycles. The standard InChI is InChI=1S/C16H18N4O3S/c1-10-12(24-15(19-10)13-17-7-4-8-18-13)14(23)20-16(9-11(21)22)5-2-3-6-16/h4,7-8H,2-3,5-6,9H2,1H3,(H,20,23)(H,21,22). The van der Waals surface area contributed by atoms with Crippen LogP contribution < -0.4 is 5.32 Å². The van der Waals surface area contributed by atoms with Crippen LogP contribution in [-0.2, 0) is 4.79 Å². The van der Waals surface area contributed by atoms with Gasteiger partial charge in [0.05, 0.1) is 17.7 Å². The second-order valence-electron chi connectivity index (χ2n) is 6.02. The summed E-state index contributed by atoms with van der Waals surface area (Å²) < 4.78 is 0. The zero-order valence-corrected chi connectivity index (χ0v) is 14.1. The summed E-state index contributed by atoms with van der Waals surface area (Å²) in [5.74, 6) is -0.683. The van der Waals surface area contributed by atoms with E-state index in [4.69, 9.17) is 5.11 Å². The zero-order valence-electron chi connectivity index (χ0n) is 13.3. The molecule has 0 atom stereocenters.